The van der Waals surface area contributed by atoms with Crippen molar-refractivity contribution in [1.82, 2.24) is 8.61 Å². The summed E-state index contributed by atoms with van der Waals surface area (Å²) in [6.45, 7) is 6.31. The number of carbonyl (C=O) groups is 2. The Bertz CT molecular complexity index is 1680. The molecule has 0 aliphatic carbocycles. The minimum Gasteiger partial charge on any atom is -0.289 e. The van der Waals surface area contributed by atoms with Crippen LogP contribution < -0.4 is 0 Å². The molecule has 0 amide bonds. The van der Waals surface area contributed by atoms with Gasteiger partial charge in [-0.05, 0) is 109 Å². The third-order valence-electron chi connectivity index (χ3n) is 8.83. The van der Waals surface area contributed by atoms with Crippen molar-refractivity contribution in [2.24, 2.45) is 11.8 Å². The zero-order valence-electron chi connectivity index (χ0n) is 26.2. The highest BCUT2D eigenvalue weighted by Gasteiger charge is 2.29. The molecule has 46 heavy (non-hydrogen) atoms. The minimum absolute atomic E-state index is 0.192. The first-order valence-electron chi connectivity index (χ1n) is 15.7. The Labute approximate surface area is 272 Å². The molecule has 10 heteroatoms. The predicted octanol–water partition coefficient (Wildman–Crippen LogP) is 6.32. The van der Waals surface area contributed by atoms with Crippen LogP contribution in [0.5, 0.6) is 0 Å². The van der Waals surface area contributed by atoms with Crippen LogP contribution in [0.1, 0.15) is 71.4 Å². The number of hydrogen-bond donors (Lipinski definition) is 0. The highest BCUT2D eigenvalue weighted by molar-refractivity contribution is 7.89. The monoisotopic (exact) mass is 660 g/mol. The number of nitrogens with zero attached hydrogens (tertiary/aromatic N) is 2. The standard InChI is InChI=1S/C36H40N2O6S2/c1-27-19-23-37(24-20-27)45(41,42)33-13-9-31(10-14-33)35(39)17-7-29-3-5-30(6-4-29)8-18-36(40)32-11-15-34(16-12-32)46(43,44)38-25-21-28(2)22-26-38/h3-18,27-28H,19-26H2,1-2H3/b17-7+,18-8+. The number of benzene rings is 3. The van der Waals surface area contributed by atoms with Gasteiger partial charge in [0.2, 0.25) is 20.0 Å². The molecule has 0 bridgehead atoms. The van der Waals surface area contributed by atoms with Crippen molar-refractivity contribution >= 4 is 43.8 Å². The smallest absolute Gasteiger partial charge is 0.243 e. The van der Waals surface area contributed by atoms with Crippen molar-refractivity contribution in [2.75, 3.05) is 26.2 Å². The lowest BCUT2D eigenvalue weighted by molar-refractivity contribution is 0.103. The van der Waals surface area contributed by atoms with Gasteiger partial charge in [0, 0.05) is 37.3 Å². The first kappa shape index (κ1) is 33.7. The summed E-state index contributed by atoms with van der Waals surface area (Å²) in [6.07, 6.45) is 9.64. The molecule has 0 unspecified atom stereocenters. The molecule has 0 radical (unpaired) electrons. The molecule has 2 heterocycles. The maximum atomic E-state index is 13.0. The lowest BCUT2D eigenvalue weighted by Crippen LogP contribution is -2.37. The maximum Gasteiger partial charge on any atom is 0.243 e. The summed E-state index contributed by atoms with van der Waals surface area (Å²) in [6, 6.07) is 19.4. The van der Waals surface area contributed by atoms with Crippen LogP contribution in [0, 0.1) is 11.8 Å². The molecule has 0 spiro atoms. The zero-order valence-corrected chi connectivity index (χ0v) is 27.8. The molecule has 0 atom stereocenters. The van der Waals surface area contributed by atoms with Gasteiger partial charge >= 0.3 is 0 Å². The van der Waals surface area contributed by atoms with E-state index in [1.807, 2.05) is 24.3 Å². The highest BCUT2D eigenvalue weighted by atomic mass is 32.2. The van der Waals surface area contributed by atoms with E-state index in [-0.39, 0.29) is 21.4 Å². The minimum atomic E-state index is -3.57. The molecule has 2 saturated heterocycles. The molecule has 3 aromatic rings. The summed E-state index contributed by atoms with van der Waals surface area (Å²) in [5.41, 5.74) is 2.37. The summed E-state index contributed by atoms with van der Waals surface area (Å²) in [7, 11) is -7.14. The van der Waals surface area contributed by atoms with Crippen LogP contribution >= 0.6 is 0 Å². The first-order valence-corrected chi connectivity index (χ1v) is 18.6. The Morgan fingerprint density at radius 3 is 1.15 bits per heavy atom. The van der Waals surface area contributed by atoms with Crippen LogP contribution in [0.15, 0.2) is 94.7 Å². The lowest BCUT2D eigenvalue weighted by atomic mass is 10.0. The fourth-order valence-corrected chi connectivity index (χ4v) is 8.52. The van der Waals surface area contributed by atoms with Crippen LogP contribution in [0.4, 0.5) is 0 Å². The molecular formula is C36H40N2O6S2. The molecular weight excluding hydrogens is 621 g/mol. The lowest BCUT2D eigenvalue weighted by Gasteiger charge is -2.29. The summed E-state index contributed by atoms with van der Waals surface area (Å²) in [5, 5.41) is 0. The molecule has 242 valence electrons. The molecule has 5 rings (SSSR count). The molecule has 2 aliphatic heterocycles. The van der Waals surface area contributed by atoms with E-state index >= 15 is 0 Å². The van der Waals surface area contributed by atoms with E-state index in [0.29, 0.717) is 49.1 Å². The van der Waals surface area contributed by atoms with Crippen molar-refractivity contribution in [3.05, 3.63) is 107 Å². The maximum absolute atomic E-state index is 13.0. The van der Waals surface area contributed by atoms with Crippen molar-refractivity contribution in [3.63, 3.8) is 0 Å². The van der Waals surface area contributed by atoms with Crippen molar-refractivity contribution in [2.45, 2.75) is 49.3 Å². The van der Waals surface area contributed by atoms with Gasteiger partial charge in [-0.15, -0.1) is 0 Å². The Kier molecular flexibility index (Phi) is 10.5. The first-order chi connectivity index (χ1) is 21.9. The second-order valence-corrected chi connectivity index (χ2v) is 16.2. The Balaban J connectivity index is 1.15. The molecule has 0 N–H and O–H groups in total. The van der Waals surface area contributed by atoms with Crippen molar-refractivity contribution < 1.29 is 26.4 Å². The van der Waals surface area contributed by atoms with Gasteiger partial charge in [-0.1, -0.05) is 50.3 Å². The number of hydrogen-bond acceptors (Lipinski definition) is 6. The average molecular weight is 661 g/mol. The van der Waals surface area contributed by atoms with E-state index in [9.17, 15) is 26.4 Å². The third-order valence-corrected chi connectivity index (χ3v) is 12.7. The van der Waals surface area contributed by atoms with Crippen LogP contribution in [0.25, 0.3) is 12.2 Å². The Morgan fingerprint density at radius 2 is 0.848 bits per heavy atom. The van der Waals surface area contributed by atoms with E-state index < -0.39 is 20.0 Å². The third kappa shape index (κ3) is 7.98. The van der Waals surface area contributed by atoms with Gasteiger partial charge in [0.15, 0.2) is 11.6 Å². The van der Waals surface area contributed by atoms with Gasteiger partial charge in [0.1, 0.15) is 0 Å². The number of allylic oxidation sites excluding steroid dienone is 2. The summed E-state index contributed by atoms with van der Waals surface area (Å²) in [5.74, 6) is 0.562. The number of ketones is 2. The molecule has 2 fully saturated rings. The molecule has 0 saturated carbocycles. The van der Waals surface area contributed by atoms with Gasteiger partial charge in [0.05, 0.1) is 9.79 Å². The van der Waals surface area contributed by atoms with E-state index in [4.69, 9.17) is 0 Å². The fraction of sp³-hybridized carbons (Fsp3) is 0.333. The zero-order chi connectivity index (χ0) is 32.9. The van der Waals surface area contributed by atoms with Gasteiger partial charge < -0.3 is 0 Å². The largest absolute Gasteiger partial charge is 0.289 e. The van der Waals surface area contributed by atoms with E-state index in [1.165, 1.54) is 45.0 Å². The molecule has 0 aromatic heterocycles. The second-order valence-electron chi connectivity index (χ2n) is 12.3. The topological polar surface area (TPSA) is 109 Å². The van der Waals surface area contributed by atoms with E-state index in [1.54, 1.807) is 36.4 Å². The predicted molar refractivity (Wildman–Crippen MR) is 180 cm³/mol. The average Bonchev–Trinajstić information content (AvgIpc) is 3.07. The fourth-order valence-electron chi connectivity index (χ4n) is 5.59. The number of piperidine rings is 2. The Morgan fingerprint density at radius 1 is 0.543 bits per heavy atom. The Hall–Kier alpha value is -3.70. The van der Waals surface area contributed by atoms with E-state index in [0.717, 1.165) is 36.8 Å². The van der Waals surface area contributed by atoms with Crippen molar-refractivity contribution in [3.8, 4) is 0 Å². The summed E-state index contributed by atoms with van der Waals surface area (Å²) >= 11 is 0. The molecule has 3 aromatic carbocycles. The molecule has 8 nitrogen and oxygen atoms in total. The summed E-state index contributed by atoms with van der Waals surface area (Å²) in [4.78, 5) is 25.8. The van der Waals surface area contributed by atoms with Gasteiger partial charge in [0.25, 0.3) is 0 Å². The van der Waals surface area contributed by atoms with Gasteiger partial charge in [-0.2, -0.15) is 8.61 Å². The highest BCUT2D eigenvalue weighted by Crippen LogP contribution is 2.25. The summed E-state index contributed by atoms with van der Waals surface area (Å²) < 4.78 is 54.8. The van der Waals surface area contributed by atoms with Gasteiger partial charge in [-0.25, -0.2) is 16.8 Å². The van der Waals surface area contributed by atoms with Crippen LogP contribution in [0.2, 0.25) is 0 Å². The quantitative estimate of drug-likeness (QED) is 0.186. The van der Waals surface area contributed by atoms with Gasteiger partial charge in [-0.3, -0.25) is 9.59 Å². The number of rotatable bonds is 10. The normalized spacial score (nSPS) is 18.0. The number of sulfonamides is 2. The number of carbonyl (C=O) groups excluding carboxylic acids is 2. The second kappa shape index (κ2) is 14.4. The SMILES string of the molecule is CC1CCN(S(=O)(=O)c2ccc(C(=O)/C=C/c3ccc(/C=C/C(=O)c4ccc(S(=O)(=O)N5CCC(C)CC5)cc4)cc3)cc2)CC1. The van der Waals surface area contributed by atoms with E-state index in [2.05, 4.69) is 13.8 Å². The van der Waals surface area contributed by atoms with Crippen LogP contribution in [-0.4, -0.2) is 63.2 Å². The van der Waals surface area contributed by atoms with Crippen LogP contribution in [-0.2, 0) is 20.0 Å². The molecule has 2 aliphatic rings. The van der Waals surface area contributed by atoms with Crippen molar-refractivity contribution in [1.29, 1.82) is 0 Å². The van der Waals surface area contributed by atoms with Crippen LogP contribution in [0.3, 0.4) is 0 Å².